The summed E-state index contributed by atoms with van der Waals surface area (Å²) in [4.78, 5) is 2.92. The summed E-state index contributed by atoms with van der Waals surface area (Å²) >= 11 is 4.98. The summed E-state index contributed by atoms with van der Waals surface area (Å²) in [6.07, 6.45) is 4.30. The molecule has 3 nitrogen and oxygen atoms in total. The van der Waals surface area contributed by atoms with Gasteiger partial charge in [0.05, 0.1) is 12.8 Å². The van der Waals surface area contributed by atoms with E-state index in [4.69, 9.17) is 22.4 Å². The predicted molar refractivity (Wildman–Crippen MR) is 83.3 cm³/mol. The molecule has 0 saturated heterocycles. The summed E-state index contributed by atoms with van der Waals surface area (Å²) in [7, 11) is 0. The molecule has 0 atom stereocenters. The van der Waals surface area contributed by atoms with Gasteiger partial charge in [-0.05, 0) is 30.5 Å². The van der Waals surface area contributed by atoms with Crippen molar-refractivity contribution in [3.63, 3.8) is 0 Å². The van der Waals surface area contributed by atoms with Crippen LogP contribution in [0.3, 0.4) is 0 Å². The minimum absolute atomic E-state index is 0.450. The van der Waals surface area contributed by atoms with Gasteiger partial charge in [-0.1, -0.05) is 36.5 Å². The third kappa shape index (κ3) is 3.26. The number of hydrogen-bond donors (Lipinski definition) is 1. The van der Waals surface area contributed by atoms with Crippen molar-refractivity contribution in [2.45, 2.75) is 32.0 Å². The first-order chi connectivity index (χ1) is 9.72. The molecule has 1 aromatic heterocycles. The van der Waals surface area contributed by atoms with Crippen LogP contribution in [0.5, 0.6) is 0 Å². The van der Waals surface area contributed by atoms with E-state index >= 15 is 0 Å². The zero-order valence-corrected chi connectivity index (χ0v) is 12.1. The molecule has 2 N–H and O–H groups in total. The SMILES string of the molecule is NC(=S)c1ccc(CN(Cc2ccco2)C2CC2)cc1. The fraction of sp³-hybridized carbons (Fsp3) is 0.312. The second-order valence-corrected chi connectivity index (χ2v) is 5.72. The summed E-state index contributed by atoms with van der Waals surface area (Å²) in [6.45, 7) is 1.80. The molecule has 1 saturated carbocycles. The lowest BCUT2D eigenvalue weighted by molar-refractivity contribution is 0.225. The minimum atomic E-state index is 0.450. The molecule has 1 aliphatic rings. The molecular weight excluding hydrogens is 268 g/mol. The average molecular weight is 286 g/mol. The summed E-state index contributed by atoms with van der Waals surface area (Å²) in [6, 6.07) is 12.9. The smallest absolute Gasteiger partial charge is 0.117 e. The van der Waals surface area contributed by atoms with Crippen LogP contribution in [-0.2, 0) is 13.1 Å². The Labute approximate surface area is 124 Å². The fourth-order valence-electron chi connectivity index (χ4n) is 2.37. The van der Waals surface area contributed by atoms with E-state index in [0.29, 0.717) is 11.0 Å². The highest BCUT2D eigenvalue weighted by Crippen LogP contribution is 2.29. The number of nitrogens with two attached hydrogens (primary N) is 1. The van der Waals surface area contributed by atoms with Crippen molar-refractivity contribution in [3.8, 4) is 0 Å². The van der Waals surface area contributed by atoms with Gasteiger partial charge in [-0.2, -0.15) is 0 Å². The van der Waals surface area contributed by atoms with Crippen LogP contribution in [0.1, 0.15) is 29.7 Å². The van der Waals surface area contributed by atoms with E-state index in [0.717, 1.165) is 24.4 Å². The first-order valence-electron chi connectivity index (χ1n) is 6.87. The molecule has 0 unspecified atom stereocenters. The number of furan rings is 1. The first kappa shape index (κ1) is 13.3. The lowest BCUT2D eigenvalue weighted by atomic mass is 10.1. The maximum Gasteiger partial charge on any atom is 0.117 e. The van der Waals surface area contributed by atoms with Gasteiger partial charge in [0.25, 0.3) is 0 Å². The van der Waals surface area contributed by atoms with Crippen molar-refractivity contribution in [3.05, 3.63) is 59.5 Å². The van der Waals surface area contributed by atoms with Crippen LogP contribution in [0.4, 0.5) is 0 Å². The zero-order valence-electron chi connectivity index (χ0n) is 11.3. The molecule has 0 bridgehead atoms. The highest BCUT2D eigenvalue weighted by molar-refractivity contribution is 7.80. The maximum absolute atomic E-state index is 5.62. The molecule has 2 aromatic rings. The van der Waals surface area contributed by atoms with Crippen LogP contribution >= 0.6 is 12.2 Å². The van der Waals surface area contributed by atoms with Gasteiger partial charge in [0, 0.05) is 18.2 Å². The van der Waals surface area contributed by atoms with Gasteiger partial charge in [-0.15, -0.1) is 0 Å². The molecule has 1 aromatic carbocycles. The third-order valence-corrected chi connectivity index (χ3v) is 3.86. The Morgan fingerprint density at radius 1 is 1.20 bits per heavy atom. The molecule has 104 valence electrons. The molecule has 0 radical (unpaired) electrons. The number of nitrogens with zero attached hydrogens (tertiary/aromatic N) is 1. The van der Waals surface area contributed by atoms with Crippen LogP contribution in [0, 0.1) is 0 Å². The molecule has 1 aliphatic carbocycles. The number of thiocarbonyl (C=S) groups is 1. The van der Waals surface area contributed by atoms with Crippen molar-refractivity contribution in [2.75, 3.05) is 0 Å². The second-order valence-electron chi connectivity index (χ2n) is 5.28. The molecule has 0 amide bonds. The molecule has 1 fully saturated rings. The third-order valence-electron chi connectivity index (χ3n) is 3.63. The van der Waals surface area contributed by atoms with E-state index in [1.807, 2.05) is 24.3 Å². The number of benzene rings is 1. The largest absolute Gasteiger partial charge is 0.468 e. The molecule has 3 rings (SSSR count). The Morgan fingerprint density at radius 2 is 1.95 bits per heavy atom. The number of rotatable bonds is 6. The van der Waals surface area contributed by atoms with E-state index < -0.39 is 0 Å². The Bertz CT molecular complexity index is 573. The Morgan fingerprint density at radius 3 is 2.50 bits per heavy atom. The van der Waals surface area contributed by atoms with Crippen molar-refractivity contribution in [1.29, 1.82) is 0 Å². The lowest BCUT2D eigenvalue weighted by Gasteiger charge is -2.21. The summed E-state index contributed by atoms with van der Waals surface area (Å²) in [5.74, 6) is 1.02. The Kier molecular flexibility index (Phi) is 3.85. The van der Waals surface area contributed by atoms with Crippen LogP contribution in [0.25, 0.3) is 0 Å². The molecule has 4 heteroatoms. The quantitative estimate of drug-likeness (QED) is 0.829. The van der Waals surface area contributed by atoms with Gasteiger partial charge in [0.1, 0.15) is 10.7 Å². The molecular formula is C16H18N2OS. The normalized spacial score (nSPS) is 14.7. The van der Waals surface area contributed by atoms with Gasteiger partial charge >= 0.3 is 0 Å². The van der Waals surface area contributed by atoms with E-state index in [-0.39, 0.29) is 0 Å². The highest BCUT2D eigenvalue weighted by atomic mass is 32.1. The zero-order chi connectivity index (χ0) is 13.9. The predicted octanol–water partition coefficient (Wildman–Crippen LogP) is 3.08. The Balaban J connectivity index is 1.68. The van der Waals surface area contributed by atoms with E-state index in [1.165, 1.54) is 18.4 Å². The number of hydrogen-bond acceptors (Lipinski definition) is 3. The van der Waals surface area contributed by atoms with Gasteiger partial charge in [-0.3, -0.25) is 4.90 Å². The van der Waals surface area contributed by atoms with Gasteiger partial charge in [-0.25, -0.2) is 0 Å². The van der Waals surface area contributed by atoms with E-state index in [9.17, 15) is 0 Å². The topological polar surface area (TPSA) is 42.4 Å². The minimum Gasteiger partial charge on any atom is -0.468 e. The molecule has 0 spiro atoms. The summed E-state index contributed by atoms with van der Waals surface area (Å²) in [5.41, 5.74) is 7.83. The molecule has 0 aliphatic heterocycles. The average Bonchev–Trinajstić information content (AvgIpc) is 3.17. The van der Waals surface area contributed by atoms with Gasteiger partial charge in [0.2, 0.25) is 0 Å². The van der Waals surface area contributed by atoms with E-state index in [2.05, 4.69) is 17.0 Å². The first-order valence-corrected chi connectivity index (χ1v) is 7.28. The van der Waals surface area contributed by atoms with Crippen molar-refractivity contribution in [1.82, 2.24) is 4.90 Å². The molecule has 1 heterocycles. The lowest BCUT2D eigenvalue weighted by Crippen LogP contribution is -2.24. The maximum atomic E-state index is 5.62. The standard InChI is InChI=1S/C16H18N2OS/c17-16(20)13-5-3-12(4-6-13)10-18(14-7-8-14)11-15-2-1-9-19-15/h1-6,9,14H,7-8,10-11H2,(H2,17,20). The monoisotopic (exact) mass is 286 g/mol. The fourth-order valence-corrected chi connectivity index (χ4v) is 2.50. The van der Waals surface area contributed by atoms with Crippen LogP contribution in [0.2, 0.25) is 0 Å². The summed E-state index contributed by atoms with van der Waals surface area (Å²) in [5, 5.41) is 0. The van der Waals surface area contributed by atoms with Gasteiger partial charge in [0.15, 0.2) is 0 Å². The van der Waals surface area contributed by atoms with Crippen molar-refractivity contribution in [2.24, 2.45) is 5.73 Å². The van der Waals surface area contributed by atoms with Crippen molar-refractivity contribution < 1.29 is 4.42 Å². The van der Waals surface area contributed by atoms with Crippen LogP contribution in [0.15, 0.2) is 47.1 Å². The second kappa shape index (κ2) is 5.77. The summed E-state index contributed by atoms with van der Waals surface area (Å²) < 4.78 is 5.45. The Hall–Kier alpha value is -1.65. The molecule has 20 heavy (non-hydrogen) atoms. The highest BCUT2D eigenvalue weighted by Gasteiger charge is 2.29. The van der Waals surface area contributed by atoms with Crippen LogP contribution < -0.4 is 5.73 Å². The van der Waals surface area contributed by atoms with Crippen molar-refractivity contribution >= 4 is 17.2 Å². The van der Waals surface area contributed by atoms with Crippen LogP contribution in [-0.4, -0.2) is 15.9 Å². The van der Waals surface area contributed by atoms with Gasteiger partial charge < -0.3 is 10.2 Å². The van der Waals surface area contributed by atoms with E-state index in [1.54, 1.807) is 6.26 Å².